The first-order chi connectivity index (χ1) is 19.2. The number of pyridine rings is 1. The quantitative estimate of drug-likeness (QED) is 0.481. The van der Waals surface area contributed by atoms with Gasteiger partial charge in [-0.05, 0) is 44.3 Å². The Labute approximate surface area is 242 Å². The second kappa shape index (κ2) is 12.3. The lowest BCUT2D eigenvalue weighted by Gasteiger charge is -2.38. The Bertz CT molecular complexity index is 1440. The zero-order chi connectivity index (χ0) is 26.8. The second-order valence-corrected chi connectivity index (χ2v) is 10.9. The third kappa shape index (κ3) is 5.40. The number of rotatable bonds is 6. The highest BCUT2D eigenvalue weighted by molar-refractivity contribution is 5.94. The minimum atomic E-state index is 0. The number of ether oxygens (including phenoxy) is 1. The molecule has 1 aromatic heterocycles. The van der Waals surface area contributed by atoms with Crippen LogP contribution in [0.3, 0.4) is 0 Å². The molecule has 208 valence electrons. The lowest BCUT2D eigenvalue weighted by Crippen LogP contribution is -2.51. The van der Waals surface area contributed by atoms with Crippen molar-refractivity contribution >= 4 is 34.7 Å². The third-order valence-electron chi connectivity index (χ3n) is 8.53. The number of likely N-dealkylation sites (N-methyl/N-ethyl adjacent to an activating group) is 1. The summed E-state index contributed by atoms with van der Waals surface area (Å²) in [6.07, 6.45) is 3.52. The molecule has 1 N–H and O–H groups in total. The Hall–Kier alpha value is -3.56. The van der Waals surface area contributed by atoms with Crippen molar-refractivity contribution < 1.29 is 4.74 Å². The van der Waals surface area contributed by atoms with Crippen molar-refractivity contribution in [1.82, 2.24) is 15.2 Å². The van der Waals surface area contributed by atoms with E-state index in [1.54, 1.807) is 0 Å². The predicted octanol–water partition coefficient (Wildman–Crippen LogP) is 4.26. The first kappa shape index (κ1) is 28.0. The molecule has 0 aliphatic carbocycles. The molecule has 40 heavy (non-hydrogen) atoms. The van der Waals surface area contributed by atoms with Crippen molar-refractivity contribution in [3.8, 4) is 18.0 Å². The van der Waals surface area contributed by atoms with E-state index in [-0.39, 0.29) is 18.4 Å². The molecular formula is C31H36ClN7O. The number of nitrogens with zero attached hydrogens (tertiary/aromatic N) is 6. The molecule has 4 heterocycles. The topological polar surface area (TPSA) is 91.5 Å². The lowest BCUT2D eigenvalue weighted by atomic mass is 9.94. The normalized spacial score (nSPS) is 20.9. The zero-order valence-electron chi connectivity index (χ0n) is 23.0. The molecule has 3 aliphatic heterocycles. The second-order valence-electron chi connectivity index (χ2n) is 10.9. The molecule has 0 radical (unpaired) electrons. The Kier molecular flexibility index (Phi) is 8.61. The van der Waals surface area contributed by atoms with Gasteiger partial charge in [0.2, 0.25) is 5.88 Å². The van der Waals surface area contributed by atoms with E-state index in [0.717, 1.165) is 62.5 Å². The molecule has 2 fully saturated rings. The molecule has 9 heteroatoms. The van der Waals surface area contributed by atoms with Crippen LogP contribution in [-0.2, 0) is 13.0 Å². The van der Waals surface area contributed by atoms with Crippen LogP contribution in [0.4, 0.5) is 11.5 Å². The van der Waals surface area contributed by atoms with Crippen molar-refractivity contribution in [2.75, 3.05) is 56.2 Å². The van der Waals surface area contributed by atoms with E-state index in [9.17, 15) is 10.5 Å². The van der Waals surface area contributed by atoms with Crippen molar-refractivity contribution in [2.24, 2.45) is 0 Å². The molecule has 0 spiro atoms. The summed E-state index contributed by atoms with van der Waals surface area (Å²) in [4.78, 5) is 12.1. The van der Waals surface area contributed by atoms with Gasteiger partial charge < -0.3 is 24.8 Å². The van der Waals surface area contributed by atoms with Crippen molar-refractivity contribution in [1.29, 1.82) is 10.5 Å². The van der Waals surface area contributed by atoms with Crippen LogP contribution in [-0.4, -0.2) is 68.3 Å². The van der Waals surface area contributed by atoms with E-state index in [4.69, 9.17) is 9.72 Å². The summed E-state index contributed by atoms with van der Waals surface area (Å²) in [5, 5.41) is 25.6. The number of hydrogen-bond donors (Lipinski definition) is 1. The highest BCUT2D eigenvalue weighted by Gasteiger charge is 2.32. The van der Waals surface area contributed by atoms with Crippen LogP contribution in [0.2, 0.25) is 0 Å². The van der Waals surface area contributed by atoms with Crippen molar-refractivity contribution in [2.45, 2.75) is 44.3 Å². The average molecular weight is 558 g/mol. The number of nitriles is 2. The van der Waals surface area contributed by atoms with Crippen LogP contribution in [0, 0.1) is 22.7 Å². The molecule has 0 saturated carbocycles. The number of piperazine rings is 1. The van der Waals surface area contributed by atoms with E-state index < -0.39 is 0 Å². The van der Waals surface area contributed by atoms with Crippen LogP contribution in [0.5, 0.6) is 5.88 Å². The zero-order valence-corrected chi connectivity index (χ0v) is 23.8. The number of hydrogen-bond acceptors (Lipinski definition) is 8. The maximum atomic E-state index is 10.4. The highest BCUT2D eigenvalue weighted by Crippen LogP contribution is 2.38. The van der Waals surface area contributed by atoms with Crippen molar-refractivity contribution in [3.63, 3.8) is 0 Å². The van der Waals surface area contributed by atoms with Gasteiger partial charge in [-0.25, -0.2) is 0 Å². The molecule has 2 atom stereocenters. The molecule has 8 nitrogen and oxygen atoms in total. The molecule has 0 bridgehead atoms. The molecule has 0 amide bonds. The molecule has 1 unspecified atom stereocenters. The number of likely N-dealkylation sites (tertiary alicyclic amines) is 1. The summed E-state index contributed by atoms with van der Waals surface area (Å²) in [5.74, 6) is 1.36. The minimum absolute atomic E-state index is 0. The van der Waals surface area contributed by atoms with E-state index in [1.807, 2.05) is 0 Å². The van der Waals surface area contributed by atoms with Gasteiger partial charge in [0.25, 0.3) is 0 Å². The highest BCUT2D eigenvalue weighted by atomic mass is 35.5. The Balaban J connectivity index is 0.00000323. The fourth-order valence-electron chi connectivity index (χ4n) is 6.39. The number of aromatic nitrogens is 1. The van der Waals surface area contributed by atoms with Gasteiger partial charge in [-0.1, -0.05) is 36.4 Å². The Morgan fingerprint density at radius 1 is 1.05 bits per heavy atom. The summed E-state index contributed by atoms with van der Waals surface area (Å²) in [6, 6.07) is 20.1. The first-order valence-electron chi connectivity index (χ1n) is 14.0. The average Bonchev–Trinajstić information content (AvgIpc) is 3.39. The fourth-order valence-corrected chi connectivity index (χ4v) is 6.39. The molecule has 2 saturated heterocycles. The minimum Gasteiger partial charge on any atom is -0.475 e. The molecule has 3 aliphatic rings. The Morgan fingerprint density at radius 3 is 2.70 bits per heavy atom. The van der Waals surface area contributed by atoms with Crippen molar-refractivity contribution in [3.05, 3.63) is 59.2 Å². The molecule has 6 rings (SSSR count). The number of anilines is 2. The van der Waals surface area contributed by atoms with E-state index >= 15 is 0 Å². The van der Waals surface area contributed by atoms with Gasteiger partial charge in [0, 0.05) is 67.0 Å². The van der Waals surface area contributed by atoms with Gasteiger partial charge in [-0.15, -0.1) is 12.4 Å². The van der Waals surface area contributed by atoms with Gasteiger partial charge in [0.05, 0.1) is 12.5 Å². The summed E-state index contributed by atoms with van der Waals surface area (Å²) < 4.78 is 6.38. The number of halogens is 1. The van der Waals surface area contributed by atoms with Crippen LogP contribution >= 0.6 is 12.4 Å². The largest absolute Gasteiger partial charge is 0.475 e. The van der Waals surface area contributed by atoms with Gasteiger partial charge in [-0.2, -0.15) is 15.5 Å². The maximum absolute atomic E-state index is 10.4. The Morgan fingerprint density at radius 2 is 1.90 bits per heavy atom. The smallest absolute Gasteiger partial charge is 0.234 e. The first-order valence-corrected chi connectivity index (χ1v) is 14.0. The monoisotopic (exact) mass is 557 g/mol. The lowest BCUT2D eigenvalue weighted by molar-refractivity contribution is 0.192. The van der Waals surface area contributed by atoms with Gasteiger partial charge in [-0.3, -0.25) is 0 Å². The SMILES string of the molecule is CN1CCC[C@H]1COc1nc(N2CCNC(CC#N)C2)c2c(c1C#N)CN(c1cccc3ccccc13)CC2.Cl. The van der Waals surface area contributed by atoms with Crippen LogP contribution in [0.1, 0.15) is 36.0 Å². The third-order valence-corrected chi connectivity index (χ3v) is 8.53. The number of fused-ring (bicyclic) bond motifs is 2. The van der Waals surface area contributed by atoms with Gasteiger partial charge in [0.15, 0.2) is 0 Å². The molecular weight excluding hydrogens is 522 g/mol. The van der Waals surface area contributed by atoms with Crippen LogP contribution in [0.25, 0.3) is 10.8 Å². The number of benzene rings is 2. The van der Waals surface area contributed by atoms with Gasteiger partial charge >= 0.3 is 0 Å². The van der Waals surface area contributed by atoms with Gasteiger partial charge in [0.1, 0.15) is 24.1 Å². The summed E-state index contributed by atoms with van der Waals surface area (Å²) in [5.41, 5.74) is 3.91. The summed E-state index contributed by atoms with van der Waals surface area (Å²) in [6.45, 7) is 5.41. The number of nitrogens with one attached hydrogen (secondary N) is 1. The summed E-state index contributed by atoms with van der Waals surface area (Å²) in [7, 11) is 2.13. The maximum Gasteiger partial charge on any atom is 0.234 e. The fraction of sp³-hybridized carbons (Fsp3) is 0.452. The standard InChI is InChI=1S/C31H35N7O.ClH/c1-36-15-5-8-24(36)21-39-31-27(18-33)28-20-37(29-10-4-7-22-6-2-3-9-25(22)29)16-12-26(28)30(35-31)38-17-14-34-23(19-38)11-13-32;/h2-4,6-7,9-10,23-24,34H,5,8,11-12,14-17,19-21H2,1H3;1H/t23?,24-;/m0./s1. The predicted molar refractivity (Wildman–Crippen MR) is 160 cm³/mol. The van der Waals surface area contributed by atoms with E-state index in [1.165, 1.54) is 22.9 Å². The molecule has 2 aromatic carbocycles. The van der Waals surface area contributed by atoms with E-state index in [2.05, 4.69) is 81.7 Å². The van der Waals surface area contributed by atoms with Crippen LogP contribution in [0.15, 0.2) is 42.5 Å². The molecule has 3 aromatic rings. The van der Waals surface area contributed by atoms with Crippen LogP contribution < -0.4 is 19.9 Å². The summed E-state index contributed by atoms with van der Waals surface area (Å²) >= 11 is 0. The van der Waals surface area contributed by atoms with E-state index in [0.29, 0.717) is 37.1 Å².